The molecular formula is C6H5ClF3N3O. The molecule has 0 atom stereocenters. The predicted octanol–water partition coefficient (Wildman–Crippen LogP) is 2.12. The molecule has 0 bridgehead atoms. The van der Waals surface area contributed by atoms with E-state index in [-0.39, 0.29) is 5.95 Å². The first-order valence-corrected chi connectivity index (χ1v) is 3.71. The van der Waals surface area contributed by atoms with Gasteiger partial charge in [0.2, 0.25) is 5.95 Å². The molecule has 0 saturated carbocycles. The van der Waals surface area contributed by atoms with E-state index in [1.165, 1.54) is 7.11 Å². The van der Waals surface area contributed by atoms with E-state index in [0.717, 1.165) is 0 Å². The zero-order valence-corrected chi connectivity index (χ0v) is 7.65. The van der Waals surface area contributed by atoms with Crippen LogP contribution < -0.4 is 5.48 Å². The molecule has 78 valence electrons. The first-order chi connectivity index (χ1) is 6.45. The van der Waals surface area contributed by atoms with E-state index in [1.54, 1.807) is 0 Å². The molecule has 0 aliphatic heterocycles. The van der Waals surface area contributed by atoms with Crippen LogP contribution in [0, 0.1) is 0 Å². The highest BCUT2D eigenvalue weighted by Gasteiger charge is 2.34. The van der Waals surface area contributed by atoms with Crippen LogP contribution >= 0.6 is 11.6 Å². The Morgan fingerprint density at radius 3 is 2.57 bits per heavy atom. The Bertz CT molecular complexity index is 331. The molecular weight excluding hydrogens is 223 g/mol. The average molecular weight is 228 g/mol. The fourth-order valence-corrected chi connectivity index (χ4v) is 0.928. The molecule has 8 heteroatoms. The molecule has 4 nitrogen and oxygen atoms in total. The van der Waals surface area contributed by atoms with E-state index in [4.69, 9.17) is 11.6 Å². The molecule has 0 spiro atoms. The first kappa shape index (κ1) is 11.0. The van der Waals surface area contributed by atoms with Crippen molar-refractivity contribution in [2.24, 2.45) is 0 Å². The minimum absolute atomic E-state index is 0.134. The van der Waals surface area contributed by atoms with Crippen LogP contribution in [-0.2, 0) is 11.0 Å². The first-order valence-electron chi connectivity index (χ1n) is 3.34. The zero-order chi connectivity index (χ0) is 10.8. The SMILES string of the molecule is CONc1ncc(C(F)(F)F)c(Cl)n1. The van der Waals surface area contributed by atoms with Crippen molar-refractivity contribution in [1.29, 1.82) is 0 Å². The van der Waals surface area contributed by atoms with Crippen LogP contribution in [0.5, 0.6) is 0 Å². The summed E-state index contributed by atoms with van der Waals surface area (Å²) in [6, 6.07) is 0. The number of nitrogens with one attached hydrogen (secondary N) is 1. The van der Waals surface area contributed by atoms with Crippen LogP contribution in [0.2, 0.25) is 5.15 Å². The summed E-state index contributed by atoms with van der Waals surface area (Å²) in [6.45, 7) is 0. The molecule has 14 heavy (non-hydrogen) atoms. The van der Waals surface area contributed by atoms with Gasteiger partial charge in [0.05, 0.1) is 7.11 Å². The quantitative estimate of drug-likeness (QED) is 0.621. The van der Waals surface area contributed by atoms with Gasteiger partial charge >= 0.3 is 6.18 Å². The number of halogens is 4. The maximum atomic E-state index is 12.2. The van der Waals surface area contributed by atoms with Gasteiger partial charge in [0, 0.05) is 6.20 Å². The van der Waals surface area contributed by atoms with Crippen LogP contribution in [0.4, 0.5) is 19.1 Å². The molecule has 0 aliphatic carbocycles. The predicted molar refractivity (Wildman–Crippen MR) is 42.7 cm³/mol. The number of rotatable bonds is 2. The summed E-state index contributed by atoms with van der Waals surface area (Å²) in [5.74, 6) is -0.134. The molecule has 1 aromatic heterocycles. The van der Waals surface area contributed by atoms with Crippen molar-refractivity contribution in [3.8, 4) is 0 Å². The molecule has 0 radical (unpaired) electrons. The van der Waals surface area contributed by atoms with Crippen molar-refractivity contribution >= 4 is 17.5 Å². The highest BCUT2D eigenvalue weighted by atomic mass is 35.5. The Labute approximate surface area is 82.0 Å². The second kappa shape index (κ2) is 3.97. The van der Waals surface area contributed by atoms with Gasteiger partial charge < -0.3 is 0 Å². The van der Waals surface area contributed by atoms with Gasteiger partial charge in [0.25, 0.3) is 0 Å². The molecule has 1 heterocycles. The van der Waals surface area contributed by atoms with Crippen molar-refractivity contribution in [2.45, 2.75) is 6.18 Å². The highest BCUT2D eigenvalue weighted by Crippen LogP contribution is 2.33. The van der Waals surface area contributed by atoms with E-state index >= 15 is 0 Å². The third kappa shape index (κ3) is 2.46. The lowest BCUT2D eigenvalue weighted by Crippen LogP contribution is -2.10. The number of hydrogen-bond acceptors (Lipinski definition) is 4. The maximum Gasteiger partial charge on any atom is 0.420 e. The molecule has 0 unspecified atom stereocenters. The normalized spacial score (nSPS) is 11.5. The van der Waals surface area contributed by atoms with Crippen LogP contribution in [0.25, 0.3) is 0 Å². The Morgan fingerprint density at radius 1 is 1.50 bits per heavy atom. The lowest BCUT2D eigenvalue weighted by molar-refractivity contribution is -0.137. The van der Waals surface area contributed by atoms with Crippen LogP contribution in [0.3, 0.4) is 0 Å². The van der Waals surface area contributed by atoms with Gasteiger partial charge in [-0.05, 0) is 0 Å². The van der Waals surface area contributed by atoms with Gasteiger partial charge in [-0.15, -0.1) is 0 Å². The van der Waals surface area contributed by atoms with Crippen molar-refractivity contribution in [2.75, 3.05) is 12.6 Å². The number of anilines is 1. The Morgan fingerprint density at radius 2 is 2.14 bits per heavy atom. The summed E-state index contributed by atoms with van der Waals surface area (Å²) in [4.78, 5) is 11.1. The molecule has 0 fully saturated rings. The number of hydrogen-bond donors (Lipinski definition) is 1. The van der Waals surface area contributed by atoms with E-state index < -0.39 is 16.9 Å². The zero-order valence-electron chi connectivity index (χ0n) is 6.89. The minimum atomic E-state index is -4.55. The number of alkyl halides is 3. The molecule has 0 aromatic carbocycles. The number of nitrogens with zero attached hydrogens (tertiary/aromatic N) is 2. The standard InChI is InChI=1S/C6H5ClF3N3O/c1-14-13-5-11-2-3(4(7)12-5)6(8,9)10/h2H,1H3,(H,11,12,13). The minimum Gasteiger partial charge on any atom is -0.277 e. The third-order valence-corrected chi connectivity index (χ3v) is 1.53. The fraction of sp³-hybridized carbons (Fsp3) is 0.333. The molecule has 1 rings (SSSR count). The highest BCUT2D eigenvalue weighted by molar-refractivity contribution is 6.30. The van der Waals surface area contributed by atoms with Crippen LogP contribution in [0.1, 0.15) is 5.56 Å². The molecule has 0 aliphatic rings. The maximum absolute atomic E-state index is 12.2. The molecule has 1 N–H and O–H groups in total. The van der Waals surface area contributed by atoms with E-state index in [9.17, 15) is 13.2 Å². The third-order valence-electron chi connectivity index (χ3n) is 1.24. The monoisotopic (exact) mass is 227 g/mol. The van der Waals surface area contributed by atoms with Gasteiger partial charge in [-0.25, -0.2) is 10.5 Å². The second-order valence-electron chi connectivity index (χ2n) is 2.20. The fourth-order valence-electron chi connectivity index (χ4n) is 0.692. The Balaban J connectivity index is 3.02. The van der Waals surface area contributed by atoms with Crippen molar-refractivity contribution in [3.05, 3.63) is 16.9 Å². The van der Waals surface area contributed by atoms with Gasteiger partial charge in [0.15, 0.2) is 0 Å². The second-order valence-corrected chi connectivity index (χ2v) is 2.56. The Hall–Kier alpha value is -1.08. The van der Waals surface area contributed by atoms with Crippen LogP contribution in [0.15, 0.2) is 6.20 Å². The molecule has 0 saturated heterocycles. The van der Waals surface area contributed by atoms with Crippen LogP contribution in [-0.4, -0.2) is 17.1 Å². The summed E-state index contributed by atoms with van der Waals surface area (Å²) < 4.78 is 36.5. The summed E-state index contributed by atoms with van der Waals surface area (Å²) in [7, 11) is 1.27. The van der Waals surface area contributed by atoms with Gasteiger partial charge in [0.1, 0.15) is 10.7 Å². The molecule has 1 aromatic rings. The van der Waals surface area contributed by atoms with Gasteiger partial charge in [-0.2, -0.15) is 18.2 Å². The summed E-state index contributed by atoms with van der Waals surface area (Å²) in [6.07, 6.45) is -3.97. The van der Waals surface area contributed by atoms with Gasteiger partial charge in [-0.1, -0.05) is 11.6 Å². The smallest absolute Gasteiger partial charge is 0.277 e. The van der Waals surface area contributed by atoms with Crippen molar-refractivity contribution in [1.82, 2.24) is 9.97 Å². The van der Waals surface area contributed by atoms with Crippen molar-refractivity contribution in [3.63, 3.8) is 0 Å². The largest absolute Gasteiger partial charge is 0.420 e. The van der Waals surface area contributed by atoms with E-state index in [2.05, 4.69) is 20.3 Å². The Kier molecular flexibility index (Phi) is 3.12. The lowest BCUT2D eigenvalue weighted by atomic mass is 10.3. The van der Waals surface area contributed by atoms with E-state index in [1.807, 2.05) is 0 Å². The summed E-state index contributed by atoms with van der Waals surface area (Å²) >= 11 is 5.28. The number of aromatic nitrogens is 2. The topological polar surface area (TPSA) is 47.0 Å². The summed E-state index contributed by atoms with van der Waals surface area (Å²) in [5, 5.41) is -0.674. The lowest BCUT2D eigenvalue weighted by Gasteiger charge is -2.08. The van der Waals surface area contributed by atoms with E-state index in [0.29, 0.717) is 6.20 Å². The molecule has 0 amide bonds. The van der Waals surface area contributed by atoms with Crippen molar-refractivity contribution < 1.29 is 18.0 Å². The summed E-state index contributed by atoms with van der Waals surface area (Å²) in [5.41, 5.74) is 1.07. The van der Waals surface area contributed by atoms with Gasteiger partial charge in [-0.3, -0.25) is 4.84 Å². The average Bonchev–Trinajstić information content (AvgIpc) is 2.02.